The zero-order chi connectivity index (χ0) is 5.40. The highest BCUT2D eigenvalue weighted by Crippen LogP contribution is 2.26. The highest BCUT2D eigenvalue weighted by Gasteiger charge is 2.08. The lowest BCUT2D eigenvalue weighted by atomic mass is 10.4. The van der Waals surface area contributed by atoms with Crippen LogP contribution in [0.2, 0.25) is 0 Å². The monoisotopic (exact) mass is 125 g/mol. The van der Waals surface area contributed by atoms with Crippen LogP contribution in [-0.2, 0) is 6.42 Å². The standard InChI is InChI=1S/C6H7NS/c1-3-7-5-2-4-8-6(1)5/h2,4,7H,1,3H2. The number of hydrogen-bond donors (Lipinski definition) is 1. The Morgan fingerprint density at radius 2 is 2.62 bits per heavy atom. The Bertz CT molecular complexity index is 174. The Hall–Kier alpha value is -0.500. The van der Waals surface area contributed by atoms with Gasteiger partial charge in [-0.15, -0.1) is 11.3 Å². The molecule has 1 aromatic rings. The van der Waals surface area contributed by atoms with Crippen molar-refractivity contribution < 1.29 is 0 Å². The largest absolute Gasteiger partial charge is 0.384 e. The number of nitrogens with one attached hydrogen (secondary N) is 1. The van der Waals surface area contributed by atoms with Gasteiger partial charge in [0.1, 0.15) is 0 Å². The highest BCUT2D eigenvalue weighted by molar-refractivity contribution is 7.10. The van der Waals surface area contributed by atoms with Gasteiger partial charge in [0.2, 0.25) is 0 Å². The van der Waals surface area contributed by atoms with Gasteiger partial charge in [-0.25, -0.2) is 0 Å². The van der Waals surface area contributed by atoms with Gasteiger partial charge >= 0.3 is 0 Å². The van der Waals surface area contributed by atoms with E-state index < -0.39 is 0 Å². The van der Waals surface area contributed by atoms with Crippen molar-refractivity contribution in [2.75, 3.05) is 11.9 Å². The molecule has 8 heavy (non-hydrogen) atoms. The molecule has 1 N–H and O–H groups in total. The predicted molar refractivity (Wildman–Crippen MR) is 36.5 cm³/mol. The molecule has 1 aliphatic heterocycles. The van der Waals surface area contributed by atoms with Crippen molar-refractivity contribution in [1.29, 1.82) is 0 Å². The maximum absolute atomic E-state index is 3.29. The molecule has 1 aromatic heterocycles. The van der Waals surface area contributed by atoms with Crippen LogP contribution in [0.5, 0.6) is 0 Å². The first-order chi connectivity index (χ1) is 3.97. The second-order valence-corrected chi connectivity index (χ2v) is 2.93. The molecule has 0 aliphatic carbocycles. The van der Waals surface area contributed by atoms with E-state index >= 15 is 0 Å². The van der Waals surface area contributed by atoms with Crippen LogP contribution in [0.3, 0.4) is 0 Å². The molecule has 0 spiro atoms. The Kier molecular flexibility index (Phi) is 0.815. The van der Waals surface area contributed by atoms with Crippen LogP contribution in [0, 0.1) is 0 Å². The minimum atomic E-state index is 1.14. The average Bonchev–Trinajstić information content (AvgIpc) is 2.15. The van der Waals surface area contributed by atoms with E-state index in [-0.39, 0.29) is 0 Å². The van der Waals surface area contributed by atoms with E-state index in [2.05, 4.69) is 16.8 Å². The summed E-state index contributed by atoms with van der Waals surface area (Å²) in [6.07, 6.45) is 1.23. The molecule has 0 saturated carbocycles. The molecule has 0 aromatic carbocycles. The van der Waals surface area contributed by atoms with Crippen LogP contribution in [0.4, 0.5) is 5.69 Å². The normalized spacial score (nSPS) is 15.5. The first-order valence-corrected chi connectivity index (χ1v) is 3.65. The van der Waals surface area contributed by atoms with Crippen molar-refractivity contribution in [3.05, 3.63) is 16.3 Å². The first-order valence-electron chi connectivity index (χ1n) is 2.77. The lowest BCUT2D eigenvalue weighted by Crippen LogP contribution is -1.90. The van der Waals surface area contributed by atoms with Gasteiger partial charge in [-0.3, -0.25) is 0 Å². The molecule has 1 aliphatic rings. The van der Waals surface area contributed by atoms with Gasteiger partial charge in [0.05, 0.1) is 0 Å². The summed E-state index contributed by atoms with van der Waals surface area (Å²) in [5.41, 5.74) is 1.36. The van der Waals surface area contributed by atoms with E-state index in [0.717, 1.165) is 6.54 Å². The van der Waals surface area contributed by atoms with E-state index in [4.69, 9.17) is 0 Å². The Balaban J connectivity index is 2.54. The van der Waals surface area contributed by atoms with Crippen LogP contribution in [0.1, 0.15) is 4.88 Å². The summed E-state index contributed by atoms with van der Waals surface area (Å²) >= 11 is 1.85. The maximum atomic E-state index is 3.29. The zero-order valence-corrected chi connectivity index (χ0v) is 5.29. The van der Waals surface area contributed by atoms with Crippen molar-refractivity contribution in [2.24, 2.45) is 0 Å². The minimum Gasteiger partial charge on any atom is -0.384 e. The second kappa shape index (κ2) is 1.49. The van der Waals surface area contributed by atoms with Crippen LogP contribution >= 0.6 is 11.3 Å². The SMILES string of the molecule is c1cc2c(s1)CCN2. The molecular formula is C6H7NS. The molecule has 1 nitrogen and oxygen atoms in total. The number of fused-ring (bicyclic) bond motifs is 1. The third-order valence-electron chi connectivity index (χ3n) is 1.41. The van der Waals surface area contributed by atoms with Crippen molar-refractivity contribution in [3.63, 3.8) is 0 Å². The topological polar surface area (TPSA) is 12.0 Å². The lowest BCUT2D eigenvalue weighted by Gasteiger charge is -1.86. The second-order valence-electron chi connectivity index (χ2n) is 1.93. The molecule has 0 fully saturated rings. The summed E-state index contributed by atoms with van der Waals surface area (Å²) in [5, 5.41) is 5.43. The molecule has 0 unspecified atom stereocenters. The van der Waals surface area contributed by atoms with Crippen molar-refractivity contribution in [1.82, 2.24) is 0 Å². The van der Waals surface area contributed by atoms with Crippen LogP contribution in [0.25, 0.3) is 0 Å². The highest BCUT2D eigenvalue weighted by atomic mass is 32.1. The van der Waals surface area contributed by atoms with E-state index in [0.29, 0.717) is 0 Å². The molecule has 2 heterocycles. The molecule has 0 saturated heterocycles. The fraction of sp³-hybridized carbons (Fsp3) is 0.333. The number of hydrogen-bond acceptors (Lipinski definition) is 2. The van der Waals surface area contributed by atoms with E-state index in [1.165, 1.54) is 17.0 Å². The van der Waals surface area contributed by atoms with Crippen LogP contribution in [-0.4, -0.2) is 6.54 Å². The molecule has 0 amide bonds. The molecule has 0 bridgehead atoms. The first kappa shape index (κ1) is 4.39. The molecule has 2 heteroatoms. The summed E-state index contributed by atoms with van der Waals surface area (Å²) in [5.74, 6) is 0. The molecule has 0 atom stereocenters. The van der Waals surface area contributed by atoms with Gasteiger partial charge < -0.3 is 5.32 Å². The van der Waals surface area contributed by atoms with Gasteiger partial charge in [-0.2, -0.15) is 0 Å². The van der Waals surface area contributed by atoms with Crippen molar-refractivity contribution in [2.45, 2.75) is 6.42 Å². The van der Waals surface area contributed by atoms with Gasteiger partial charge in [0.25, 0.3) is 0 Å². The Morgan fingerprint density at radius 3 is 3.50 bits per heavy atom. The predicted octanol–water partition coefficient (Wildman–Crippen LogP) is 1.72. The van der Waals surface area contributed by atoms with E-state index in [9.17, 15) is 0 Å². The van der Waals surface area contributed by atoms with E-state index in [1.807, 2.05) is 11.3 Å². The Labute approximate surface area is 52.3 Å². The van der Waals surface area contributed by atoms with Crippen molar-refractivity contribution >= 4 is 17.0 Å². The summed E-state index contributed by atoms with van der Waals surface area (Å²) in [4.78, 5) is 1.52. The lowest BCUT2D eigenvalue weighted by molar-refractivity contribution is 1.12. The fourth-order valence-electron chi connectivity index (χ4n) is 1.00. The fourth-order valence-corrected chi connectivity index (χ4v) is 1.86. The molecule has 0 radical (unpaired) electrons. The summed E-state index contributed by atoms with van der Waals surface area (Å²) < 4.78 is 0. The molecular weight excluding hydrogens is 118 g/mol. The van der Waals surface area contributed by atoms with Gasteiger partial charge in [-0.1, -0.05) is 0 Å². The molecule has 2 rings (SSSR count). The van der Waals surface area contributed by atoms with Gasteiger partial charge in [-0.05, 0) is 11.4 Å². The number of thiophene rings is 1. The number of anilines is 1. The third kappa shape index (κ3) is 0.464. The summed E-state index contributed by atoms with van der Waals surface area (Å²) in [6, 6.07) is 2.15. The maximum Gasteiger partial charge on any atom is 0.0482 e. The zero-order valence-electron chi connectivity index (χ0n) is 4.48. The van der Waals surface area contributed by atoms with Gasteiger partial charge in [0.15, 0.2) is 0 Å². The molecule has 42 valence electrons. The minimum absolute atomic E-state index is 1.14. The van der Waals surface area contributed by atoms with Crippen LogP contribution < -0.4 is 5.32 Å². The van der Waals surface area contributed by atoms with Crippen molar-refractivity contribution in [3.8, 4) is 0 Å². The average molecular weight is 125 g/mol. The summed E-state index contributed by atoms with van der Waals surface area (Å²) in [6.45, 7) is 1.14. The quantitative estimate of drug-likeness (QED) is 0.556. The van der Waals surface area contributed by atoms with Crippen LogP contribution in [0.15, 0.2) is 11.4 Å². The van der Waals surface area contributed by atoms with E-state index in [1.54, 1.807) is 0 Å². The Morgan fingerprint density at radius 1 is 1.62 bits per heavy atom. The van der Waals surface area contributed by atoms with Gasteiger partial charge in [0, 0.05) is 23.5 Å². The number of rotatable bonds is 0. The summed E-state index contributed by atoms with van der Waals surface area (Å²) in [7, 11) is 0. The smallest absolute Gasteiger partial charge is 0.0482 e. The third-order valence-corrected chi connectivity index (χ3v) is 2.39.